The minimum absolute atomic E-state index is 0.0273. The average Bonchev–Trinajstić information content (AvgIpc) is 3.14. The van der Waals surface area contributed by atoms with Gasteiger partial charge in [0.15, 0.2) is 0 Å². The molecule has 1 amide bonds. The second-order valence-corrected chi connectivity index (χ2v) is 6.57. The summed E-state index contributed by atoms with van der Waals surface area (Å²) in [6, 6.07) is 5.54. The van der Waals surface area contributed by atoms with Crippen molar-refractivity contribution in [3.05, 3.63) is 58.8 Å². The minimum atomic E-state index is -5.04. The van der Waals surface area contributed by atoms with Crippen LogP contribution in [0, 0.1) is 11.3 Å². The van der Waals surface area contributed by atoms with E-state index < -0.39 is 41.1 Å². The van der Waals surface area contributed by atoms with Crippen LogP contribution in [0.3, 0.4) is 0 Å². The number of amides is 1. The Kier molecular flexibility index (Phi) is 5.61. The summed E-state index contributed by atoms with van der Waals surface area (Å²) in [6.07, 6.45) is -8.99. The zero-order chi connectivity index (χ0) is 22.1. The SMILES string of the molecule is N#Cc1ccnc(OC2CCN(C(=O)c3cc(C(F)(F)F)cc(C(F)(F)F)c3)C2)c1. The molecule has 1 fully saturated rings. The molecule has 2 heterocycles. The fourth-order valence-electron chi connectivity index (χ4n) is 2.98. The normalized spacial score (nSPS) is 17.0. The van der Waals surface area contributed by atoms with E-state index >= 15 is 0 Å². The highest BCUT2D eigenvalue weighted by Crippen LogP contribution is 2.36. The van der Waals surface area contributed by atoms with Crippen LogP contribution in [-0.4, -0.2) is 35.0 Å². The first-order valence-electron chi connectivity index (χ1n) is 8.59. The number of benzene rings is 1. The number of ether oxygens (including phenoxy) is 1. The average molecular weight is 429 g/mol. The van der Waals surface area contributed by atoms with Gasteiger partial charge in [-0.1, -0.05) is 0 Å². The molecule has 0 spiro atoms. The fraction of sp³-hybridized carbons (Fsp3) is 0.316. The van der Waals surface area contributed by atoms with E-state index in [0.717, 1.165) is 4.90 Å². The number of rotatable bonds is 3. The van der Waals surface area contributed by atoms with E-state index in [9.17, 15) is 31.1 Å². The van der Waals surface area contributed by atoms with Crippen LogP contribution >= 0.6 is 0 Å². The Labute approximate surface area is 166 Å². The van der Waals surface area contributed by atoms with Gasteiger partial charge in [0, 0.05) is 30.8 Å². The van der Waals surface area contributed by atoms with Gasteiger partial charge in [-0.25, -0.2) is 4.98 Å². The first kappa shape index (κ1) is 21.4. The lowest BCUT2D eigenvalue weighted by Gasteiger charge is -2.19. The van der Waals surface area contributed by atoms with Crippen LogP contribution in [0.2, 0.25) is 0 Å². The van der Waals surface area contributed by atoms with E-state index in [1.54, 1.807) is 0 Å². The number of hydrogen-bond acceptors (Lipinski definition) is 4. The maximum atomic E-state index is 13.0. The van der Waals surface area contributed by atoms with Gasteiger partial charge in [0.1, 0.15) is 6.10 Å². The molecule has 0 aliphatic carbocycles. The number of nitriles is 1. The standard InChI is InChI=1S/C19H13F6N3O2/c20-18(21,22)13-6-12(7-14(8-13)19(23,24)25)17(29)28-4-2-15(10-28)30-16-5-11(9-26)1-3-27-16/h1,3,5-8,15H,2,4,10H2. The summed E-state index contributed by atoms with van der Waals surface area (Å²) in [6.45, 7) is 0.0356. The molecule has 1 atom stereocenters. The van der Waals surface area contributed by atoms with Crippen molar-refractivity contribution in [2.75, 3.05) is 13.1 Å². The molecule has 5 nitrogen and oxygen atoms in total. The minimum Gasteiger partial charge on any atom is -0.472 e. The number of hydrogen-bond donors (Lipinski definition) is 0. The van der Waals surface area contributed by atoms with Crippen molar-refractivity contribution in [3.63, 3.8) is 0 Å². The number of carbonyl (C=O) groups is 1. The summed E-state index contributed by atoms with van der Waals surface area (Å²) in [4.78, 5) is 17.6. The van der Waals surface area contributed by atoms with E-state index in [1.165, 1.54) is 18.3 Å². The van der Waals surface area contributed by atoms with Gasteiger partial charge in [0.05, 0.1) is 29.3 Å². The lowest BCUT2D eigenvalue weighted by Crippen LogP contribution is -2.31. The summed E-state index contributed by atoms with van der Waals surface area (Å²) in [7, 11) is 0. The summed E-state index contributed by atoms with van der Waals surface area (Å²) < 4.78 is 83.6. The highest BCUT2D eigenvalue weighted by Gasteiger charge is 2.38. The van der Waals surface area contributed by atoms with E-state index in [4.69, 9.17) is 10.00 Å². The summed E-state index contributed by atoms with van der Waals surface area (Å²) in [5, 5.41) is 8.88. The molecule has 1 aliphatic heterocycles. The molecule has 11 heteroatoms. The molecule has 3 rings (SSSR count). The molecule has 1 aromatic carbocycles. The molecule has 0 N–H and O–H groups in total. The first-order valence-corrected chi connectivity index (χ1v) is 8.59. The third-order valence-corrected chi connectivity index (χ3v) is 4.42. The number of aromatic nitrogens is 1. The number of halogens is 6. The predicted molar refractivity (Wildman–Crippen MR) is 90.3 cm³/mol. The van der Waals surface area contributed by atoms with Crippen LogP contribution in [-0.2, 0) is 12.4 Å². The van der Waals surface area contributed by atoms with Gasteiger partial charge in [0.25, 0.3) is 5.91 Å². The molecule has 158 valence electrons. The number of pyridine rings is 1. The molecule has 2 aromatic rings. The zero-order valence-corrected chi connectivity index (χ0v) is 15.1. The summed E-state index contributed by atoms with van der Waals surface area (Å²) in [5.41, 5.74) is -3.51. The van der Waals surface area contributed by atoms with E-state index in [2.05, 4.69) is 4.98 Å². The third kappa shape index (κ3) is 4.82. The Bertz CT molecular complexity index is 965. The van der Waals surface area contributed by atoms with Crippen LogP contribution in [0.15, 0.2) is 36.5 Å². The number of carbonyl (C=O) groups excluding carboxylic acids is 1. The Morgan fingerprint density at radius 2 is 1.73 bits per heavy atom. The van der Waals surface area contributed by atoms with Crippen LogP contribution in [0.25, 0.3) is 0 Å². The van der Waals surface area contributed by atoms with Crippen LogP contribution in [0.1, 0.15) is 33.5 Å². The Morgan fingerprint density at radius 1 is 1.10 bits per heavy atom. The van der Waals surface area contributed by atoms with E-state index in [0.29, 0.717) is 24.1 Å². The van der Waals surface area contributed by atoms with Crippen LogP contribution in [0.4, 0.5) is 26.3 Å². The van der Waals surface area contributed by atoms with E-state index in [1.807, 2.05) is 6.07 Å². The monoisotopic (exact) mass is 429 g/mol. The van der Waals surface area contributed by atoms with Crippen molar-refractivity contribution in [1.82, 2.24) is 9.88 Å². The molecule has 1 unspecified atom stereocenters. The molecule has 1 saturated heterocycles. The van der Waals surface area contributed by atoms with Gasteiger partial charge in [-0.3, -0.25) is 4.79 Å². The van der Waals surface area contributed by atoms with Gasteiger partial charge in [-0.15, -0.1) is 0 Å². The molecule has 0 bridgehead atoms. The van der Waals surface area contributed by atoms with Crippen molar-refractivity contribution >= 4 is 5.91 Å². The van der Waals surface area contributed by atoms with Gasteiger partial charge in [-0.05, 0) is 24.3 Å². The summed E-state index contributed by atoms with van der Waals surface area (Å²) in [5.74, 6) is -0.830. The quantitative estimate of drug-likeness (QED) is 0.683. The topological polar surface area (TPSA) is 66.2 Å². The van der Waals surface area contributed by atoms with Gasteiger partial charge < -0.3 is 9.64 Å². The number of likely N-dealkylation sites (tertiary alicyclic amines) is 1. The lowest BCUT2D eigenvalue weighted by atomic mass is 10.0. The van der Waals surface area contributed by atoms with Gasteiger partial charge in [-0.2, -0.15) is 31.6 Å². The number of alkyl halides is 6. The molecule has 30 heavy (non-hydrogen) atoms. The smallest absolute Gasteiger partial charge is 0.416 e. The fourth-order valence-corrected chi connectivity index (χ4v) is 2.98. The highest BCUT2D eigenvalue weighted by atomic mass is 19.4. The Hall–Kier alpha value is -3.29. The predicted octanol–water partition coefficient (Wildman–Crippen LogP) is 4.28. The number of nitrogens with zero attached hydrogens (tertiary/aromatic N) is 3. The molecule has 1 aliphatic rings. The Morgan fingerprint density at radius 3 is 2.30 bits per heavy atom. The maximum Gasteiger partial charge on any atom is 0.416 e. The summed E-state index contributed by atoms with van der Waals surface area (Å²) >= 11 is 0. The molecule has 0 radical (unpaired) electrons. The second kappa shape index (κ2) is 7.85. The second-order valence-electron chi connectivity index (χ2n) is 6.57. The van der Waals surface area contributed by atoms with E-state index in [-0.39, 0.29) is 25.0 Å². The zero-order valence-electron chi connectivity index (χ0n) is 15.1. The maximum absolute atomic E-state index is 13.0. The van der Waals surface area contributed by atoms with Crippen molar-refractivity contribution < 1.29 is 35.9 Å². The van der Waals surface area contributed by atoms with Crippen LogP contribution < -0.4 is 4.74 Å². The van der Waals surface area contributed by atoms with Gasteiger partial charge >= 0.3 is 12.4 Å². The van der Waals surface area contributed by atoms with Gasteiger partial charge in [0.2, 0.25) is 5.88 Å². The molecule has 0 saturated carbocycles. The largest absolute Gasteiger partial charge is 0.472 e. The molecular weight excluding hydrogens is 416 g/mol. The molecule has 1 aromatic heterocycles. The van der Waals surface area contributed by atoms with Crippen molar-refractivity contribution in [2.45, 2.75) is 24.9 Å². The Balaban J connectivity index is 1.79. The van der Waals surface area contributed by atoms with Crippen LogP contribution in [0.5, 0.6) is 5.88 Å². The highest BCUT2D eigenvalue weighted by molar-refractivity contribution is 5.95. The third-order valence-electron chi connectivity index (χ3n) is 4.42. The van der Waals surface area contributed by atoms with Crippen molar-refractivity contribution in [1.29, 1.82) is 5.26 Å². The first-order chi connectivity index (χ1) is 14.0. The van der Waals surface area contributed by atoms with Crippen molar-refractivity contribution in [3.8, 4) is 11.9 Å². The van der Waals surface area contributed by atoms with Crippen molar-refractivity contribution in [2.24, 2.45) is 0 Å². The molecular formula is C19H13F6N3O2. The lowest BCUT2D eigenvalue weighted by molar-refractivity contribution is -0.143.